The van der Waals surface area contributed by atoms with Crippen LogP contribution in [-0.2, 0) is 16.6 Å². The molecule has 0 aromatic carbocycles. The van der Waals surface area contributed by atoms with Crippen molar-refractivity contribution in [2.75, 3.05) is 0 Å². The molecular formula is C11H13FN4O2S. The molecule has 0 saturated carbocycles. The van der Waals surface area contributed by atoms with E-state index in [0.29, 0.717) is 6.54 Å². The van der Waals surface area contributed by atoms with Crippen molar-refractivity contribution in [2.24, 2.45) is 0 Å². The average molecular weight is 284 g/mol. The first-order chi connectivity index (χ1) is 8.99. The van der Waals surface area contributed by atoms with Crippen LogP contribution in [0.15, 0.2) is 42.1 Å². The molecule has 1 atom stereocenters. The van der Waals surface area contributed by atoms with Crippen LogP contribution in [0.4, 0.5) is 4.39 Å². The molecule has 0 aliphatic heterocycles. The minimum atomic E-state index is -3.96. The first-order valence-corrected chi connectivity index (χ1v) is 7.06. The molecule has 0 spiro atoms. The lowest BCUT2D eigenvalue weighted by molar-refractivity contribution is 0.507. The van der Waals surface area contributed by atoms with E-state index in [4.69, 9.17) is 0 Å². The summed E-state index contributed by atoms with van der Waals surface area (Å²) in [7, 11) is -3.96. The van der Waals surface area contributed by atoms with Gasteiger partial charge in [-0.15, -0.1) is 0 Å². The zero-order valence-electron chi connectivity index (χ0n) is 10.2. The molecule has 0 bridgehead atoms. The van der Waals surface area contributed by atoms with Gasteiger partial charge in [0.05, 0.1) is 6.33 Å². The number of imidazole rings is 1. The van der Waals surface area contributed by atoms with E-state index in [1.54, 1.807) is 30.2 Å². The zero-order valence-corrected chi connectivity index (χ0v) is 11.0. The fraction of sp³-hybridized carbons (Fsp3) is 0.273. The van der Waals surface area contributed by atoms with Crippen molar-refractivity contribution in [2.45, 2.75) is 24.5 Å². The van der Waals surface area contributed by atoms with Gasteiger partial charge in [0, 0.05) is 31.2 Å². The molecule has 0 saturated heterocycles. The standard InChI is InChI=1S/C11H13FN4O2S/c1-9(7-16-6-5-13-8-16)15-19(17,18)11-10(12)3-2-4-14-11/h2-6,8-9,15H,7H2,1H3. The quantitative estimate of drug-likeness (QED) is 0.880. The van der Waals surface area contributed by atoms with Crippen molar-refractivity contribution < 1.29 is 12.8 Å². The lowest BCUT2D eigenvalue weighted by Gasteiger charge is -2.14. The van der Waals surface area contributed by atoms with Gasteiger partial charge in [-0.3, -0.25) is 0 Å². The monoisotopic (exact) mass is 284 g/mol. The highest BCUT2D eigenvalue weighted by atomic mass is 32.2. The topological polar surface area (TPSA) is 76.9 Å². The van der Waals surface area contributed by atoms with Crippen LogP contribution in [0.2, 0.25) is 0 Å². The lowest BCUT2D eigenvalue weighted by Crippen LogP contribution is -2.36. The number of hydrogen-bond donors (Lipinski definition) is 1. The van der Waals surface area contributed by atoms with Gasteiger partial charge in [0.15, 0.2) is 5.82 Å². The molecule has 102 valence electrons. The summed E-state index contributed by atoms with van der Waals surface area (Å²) in [6, 6.07) is 1.98. The van der Waals surface area contributed by atoms with Crippen LogP contribution in [0.3, 0.4) is 0 Å². The maximum absolute atomic E-state index is 13.4. The largest absolute Gasteiger partial charge is 0.336 e. The van der Waals surface area contributed by atoms with Gasteiger partial charge in [0.25, 0.3) is 10.0 Å². The highest BCUT2D eigenvalue weighted by Crippen LogP contribution is 2.10. The Morgan fingerprint density at radius 1 is 1.47 bits per heavy atom. The molecule has 0 aliphatic carbocycles. The summed E-state index contributed by atoms with van der Waals surface area (Å²) < 4.78 is 41.4. The molecular weight excluding hydrogens is 271 g/mol. The Kier molecular flexibility index (Phi) is 3.91. The summed E-state index contributed by atoms with van der Waals surface area (Å²) in [5.74, 6) is -0.871. The number of hydrogen-bond acceptors (Lipinski definition) is 4. The van der Waals surface area contributed by atoms with Gasteiger partial charge in [-0.25, -0.2) is 27.5 Å². The fourth-order valence-electron chi connectivity index (χ4n) is 1.64. The fourth-order valence-corrected chi connectivity index (χ4v) is 2.88. The lowest BCUT2D eigenvalue weighted by atomic mass is 10.4. The Morgan fingerprint density at radius 2 is 2.26 bits per heavy atom. The van der Waals surface area contributed by atoms with Crippen molar-refractivity contribution in [1.29, 1.82) is 0 Å². The van der Waals surface area contributed by atoms with Crippen LogP contribution >= 0.6 is 0 Å². The Labute approximate surface area is 110 Å². The van der Waals surface area contributed by atoms with Crippen LogP contribution in [-0.4, -0.2) is 29.0 Å². The van der Waals surface area contributed by atoms with Crippen molar-refractivity contribution in [3.63, 3.8) is 0 Å². The Hall–Kier alpha value is -1.80. The molecule has 0 amide bonds. The summed E-state index contributed by atoms with van der Waals surface area (Å²) in [5.41, 5.74) is 0. The van der Waals surface area contributed by atoms with E-state index in [2.05, 4.69) is 14.7 Å². The second-order valence-corrected chi connectivity index (χ2v) is 5.70. The molecule has 2 aromatic rings. The van der Waals surface area contributed by atoms with E-state index >= 15 is 0 Å². The minimum Gasteiger partial charge on any atom is -0.336 e. The van der Waals surface area contributed by atoms with E-state index in [1.165, 1.54) is 12.3 Å². The Balaban J connectivity index is 2.11. The molecule has 0 radical (unpaired) electrons. The van der Waals surface area contributed by atoms with Crippen LogP contribution in [0.5, 0.6) is 0 Å². The molecule has 2 rings (SSSR count). The smallest absolute Gasteiger partial charge is 0.261 e. The molecule has 2 heterocycles. The van der Waals surface area contributed by atoms with Crippen molar-refractivity contribution in [1.82, 2.24) is 19.3 Å². The Morgan fingerprint density at radius 3 is 2.89 bits per heavy atom. The third-order valence-corrected chi connectivity index (χ3v) is 3.90. The number of sulfonamides is 1. The van der Waals surface area contributed by atoms with E-state index in [0.717, 1.165) is 6.07 Å². The van der Waals surface area contributed by atoms with Crippen molar-refractivity contribution in [3.05, 3.63) is 42.9 Å². The van der Waals surface area contributed by atoms with Gasteiger partial charge in [0.1, 0.15) is 0 Å². The van der Waals surface area contributed by atoms with Crippen LogP contribution in [0.25, 0.3) is 0 Å². The van der Waals surface area contributed by atoms with Gasteiger partial charge in [0.2, 0.25) is 5.03 Å². The maximum atomic E-state index is 13.4. The summed E-state index contributed by atoms with van der Waals surface area (Å²) in [6.07, 6.45) is 6.12. The van der Waals surface area contributed by atoms with Gasteiger partial charge >= 0.3 is 0 Å². The highest BCUT2D eigenvalue weighted by molar-refractivity contribution is 7.89. The SMILES string of the molecule is CC(Cn1ccnc1)NS(=O)(=O)c1ncccc1F. The van der Waals surface area contributed by atoms with Gasteiger partial charge in [-0.2, -0.15) is 0 Å². The number of pyridine rings is 1. The predicted octanol–water partition coefficient (Wildman–Crippen LogP) is 0.784. The predicted molar refractivity (Wildman–Crippen MR) is 66.2 cm³/mol. The first-order valence-electron chi connectivity index (χ1n) is 5.57. The van der Waals surface area contributed by atoms with Crippen LogP contribution < -0.4 is 4.72 Å². The average Bonchev–Trinajstić information content (AvgIpc) is 2.81. The minimum absolute atomic E-state index is 0.397. The normalized spacial score (nSPS) is 13.4. The highest BCUT2D eigenvalue weighted by Gasteiger charge is 2.22. The summed E-state index contributed by atoms with van der Waals surface area (Å²) in [6.45, 7) is 2.08. The molecule has 1 unspecified atom stereocenters. The Bertz CT molecular complexity index is 642. The summed E-state index contributed by atoms with van der Waals surface area (Å²) >= 11 is 0. The number of halogens is 1. The molecule has 19 heavy (non-hydrogen) atoms. The third-order valence-electron chi connectivity index (χ3n) is 2.38. The molecule has 8 heteroatoms. The molecule has 2 aromatic heterocycles. The van der Waals surface area contributed by atoms with Gasteiger partial charge in [-0.1, -0.05) is 0 Å². The van der Waals surface area contributed by atoms with Gasteiger partial charge < -0.3 is 4.57 Å². The van der Waals surface area contributed by atoms with E-state index in [1.807, 2.05) is 0 Å². The molecule has 1 N–H and O–H groups in total. The van der Waals surface area contributed by atoms with Crippen LogP contribution in [0.1, 0.15) is 6.92 Å². The first kappa shape index (κ1) is 13.6. The number of nitrogens with one attached hydrogen (secondary N) is 1. The summed E-state index contributed by atoms with van der Waals surface area (Å²) in [5, 5.41) is -0.590. The summed E-state index contributed by atoms with van der Waals surface area (Å²) in [4.78, 5) is 7.41. The van der Waals surface area contributed by atoms with E-state index in [-0.39, 0.29) is 0 Å². The third kappa shape index (κ3) is 3.36. The van der Waals surface area contributed by atoms with Gasteiger partial charge in [-0.05, 0) is 19.1 Å². The maximum Gasteiger partial charge on any atom is 0.261 e. The number of nitrogens with zero attached hydrogens (tertiary/aromatic N) is 3. The van der Waals surface area contributed by atoms with E-state index < -0.39 is 26.9 Å². The van der Waals surface area contributed by atoms with Crippen molar-refractivity contribution >= 4 is 10.0 Å². The second kappa shape index (κ2) is 5.45. The second-order valence-electron chi connectivity index (χ2n) is 4.07. The molecule has 0 fully saturated rings. The molecule has 0 aliphatic rings. The molecule has 6 nitrogen and oxygen atoms in total. The van der Waals surface area contributed by atoms with Crippen LogP contribution in [0, 0.1) is 5.82 Å². The van der Waals surface area contributed by atoms with E-state index in [9.17, 15) is 12.8 Å². The number of rotatable bonds is 5. The zero-order chi connectivity index (χ0) is 13.9. The number of aromatic nitrogens is 3. The van der Waals surface area contributed by atoms with Crippen molar-refractivity contribution in [3.8, 4) is 0 Å².